The zero-order valence-corrected chi connectivity index (χ0v) is 16.7. The van der Waals surface area contributed by atoms with Crippen molar-refractivity contribution in [2.24, 2.45) is 0 Å². The molecule has 2 aromatic rings. The Labute approximate surface area is 163 Å². The highest BCUT2D eigenvalue weighted by atomic mass is 79.9. The Bertz CT molecular complexity index is 727. The number of carbonyl (C=O) groups is 1. The van der Waals surface area contributed by atoms with E-state index < -0.39 is 0 Å². The van der Waals surface area contributed by atoms with Gasteiger partial charge in [-0.15, -0.1) is 0 Å². The fraction of sp³-hybridized carbons (Fsp3) is 0.400. The summed E-state index contributed by atoms with van der Waals surface area (Å²) in [5.41, 5.74) is 2.98. The number of pyridine rings is 1. The number of benzene rings is 1. The largest absolute Gasteiger partial charge is 0.348 e. The van der Waals surface area contributed by atoms with Gasteiger partial charge in [0.1, 0.15) is 0 Å². The molecule has 1 aromatic heterocycles. The number of piperazine rings is 1. The highest BCUT2D eigenvalue weighted by molar-refractivity contribution is 9.10. The molecule has 1 aromatic carbocycles. The number of nitrogens with zero attached hydrogens (tertiary/aromatic N) is 3. The number of aromatic nitrogens is 1. The highest BCUT2D eigenvalue weighted by Crippen LogP contribution is 2.12. The van der Waals surface area contributed by atoms with Crippen LogP contribution in [0.4, 0.5) is 0 Å². The van der Waals surface area contributed by atoms with Gasteiger partial charge >= 0.3 is 0 Å². The first-order valence-corrected chi connectivity index (χ1v) is 9.84. The Balaban J connectivity index is 1.48. The van der Waals surface area contributed by atoms with Crippen LogP contribution in [0.2, 0.25) is 0 Å². The van der Waals surface area contributed by atoms with Crippen molar-refractivity contribution in [3.05, 3.63) is 63.9 Å². The van der Waals surface area contributed by atoms with E-state index in [0.717, 1.165) is 49.3 Å². The van der Waals surface area contributed by atoms with Gasteiger partial charge in [0, 0.05) is 56.1 Å². The van der Waals surface area contributed by atoms with Crippen molar-refractivity contribution in [1.82, 2.24) is 20.1 Å². The Hall–Kier alpha value is -1.76. The fourth-order valence-electron chi connectivity index (χ4n) is 3.10. The monoisotopic (exact) mass is 416 g/mol. The van der Waals surface area contributed by atoms with E-state index in [0.29, 0.717) is 12.1 Å². The van der Waals surface area contributed by atoms with E-state index in [-0.39, 0.29) is 5.91 Å². The molecule has 0 unspecified atom stereocenters. The highest BCUT2D eigenvalue weighted by Gasteiger charge is 2.15. The quantitative estimate of drug-likeness (QED) is 0.786. The number of nitrogens with one attached hydrogen (secondary N) is 1. The van der Waals surface area contributed by atoms with E-state index in [9.17, 15) is 4.79 Å². The lowest BCUT2D eigenvalue weighted by molar-refractivity contribution is 0.0950. The number of halogens is 1. The second kappa shape index (κ2) is 9.26. The third-order valence-electron chi connectivity index (χ3n) is 4.76. The lowest BCUT2D eigenvalue weighted by atomic mass is 10.1. The first-order chi connectivity index (χ1) is 12.6. The zero-order chi connectivity index (χ0) is 18.4. The van der Waals surface area contributed by atoms with E-state index in [2.05, 4.69) is 67.2 Å². The van der Waals surface area contributed by atoms with E-state index in [1.807, 2.05) is 0 Å². The summed E-state index contributed by atoms with van der Waals surface area (Å²) in [7, 11) is 0. The summed E-state index contributed by atoms with van der Waals surface area (Å²) in [5, 5.41) is 2.94. The second-order valence-corrected chi connectivity index (χ2v) is 7.52. The van der Waals surface area contributed by atoms with Crippen LogP contribution >= 0.6 is 15.9 Å². The first kappa shape index (κ1) is 19.0. The Kier molecular flexibility index (Phi) is 6.77. The van der Waals surface area contributed by atoms with Crippen molar-refractivity contribution in [3.63, 3.8) is 0 Å². The fourth-order valence-corrected chi connectivity index (χ4v) is 3.47. The van der Waals surface area contributed by atoms with Crippen LogP contribution < -0.4 is 5.32 Å². The van der Waals surface area contributed by atoms with Gasteiger partial charge in [0.15, 0.2) is 0 Å². The van der Waals surface area contributed by atoms with Crippen molar-refractivity contribution in [2.45, 2.75) is 20.0 Å². The summed E-state index contributed by atoms with van der Waals surface area (Å²) in [4.78, 5) is 21.2. The SMILES string of the molecule is CCN1CCN(Cc2ccc(CNC(=O)c3cncc(Br)c3)cc2)CC1. The van der Waals surface area contributed by atoms with Crippen LogP contribution in [-0.2, 0) is 13.1 Å². The Morgan fingerprint density at radius 2 is 1.73 bits per heavy atom. The maximum atomic E-state index is 12.2. The lowest BCUT2D eigenvalue weighted by Gasteiger charge is -2.34. The van der Waals surface area contributed by atoms with Crippen LogP contribution in [-0.4, -0.2) is 53.4 Å². The van der Waals surface area contributed by atoms with Crippen LogP contribution in [0.3, 0.4) is 0 Å². The van der Waals surface area contributed by atoms with E-state index in [1.54, 1.807) is 18.5 Å². The minimum absolute atomic E-state index is 0.114. The van der Waals surface area contributed by atoms with Crippen molar-refractivity contribution in [3.8, 4) is 0 Å². The molecule has 138 valence electrons. The molecule has 0 saturated carbocycles. The van der Waals surface area contributed by atoms with Gasteiger partial charge in [-0.2, -0.15) is 0 Å². The van der Waals surface area contributed by atoms with Gasteiger partial charge in [0.25, 0.3) is 5.91 Å². The lowest BCUT2D eigenvalue weighted by Crippen LogP contribution is -2.45. The maximum absolute atomic E-state index is 12.2. The van der Waals surface area contributed by atoms with E-state index >= 15 is 0 Å². The molecule has 5 nitrogen and oxygen atoms in total. The van der Waals surface area contributed by atoms with Gasteiger partial charge < -0.3 is 10.2 Å². The van der Waals surface area contributed by atoms with Crippen molar-refractivity contribution < 1.29 is 4.79 Å². The molecule has 26 heavy (non-hydrogen) atoms. The molecule has 1 saturated heterocycles. The Morgan fingerprint density at radius 3 is 2.38 bits per heavy atom. The zero-order valence-electron chi connectivity index (χ0n) is 15.1. The van der Waals surface area contributed by atoms with Crippen LogP contribution in [0.15, 0.2) is 47.2 Å². The number of amides is 1. The number of likely N-dealkylation sites (N-methyl/N-ethyl adjacent to an activating group) is 1. The molecule has 6 heteroatoms. The molecular weight excluding hydrogens is 392 g/mol. The first-order valence-electron chi connectivity index (χ1n) is 9.05. The van der Waals surface area contributed by atoms with Crippen molar-refractivity contribution in [1.29, 1.82) is 0 Å². The summed E-state index contributed by atoms with van der Waals surface area (Å²) >= 11 is 3.33. The van der Waals surface area contributed by atoms with Gasteiger partial charge in [-0.3, -0.25) is 14.7 Å². The molecular formula is C20H25BrN4O. The molecule has 3 rings (SSSR count). The smallest absolute Gasteiger partial charge is 0.253 e. The average molecular weight is 417 g/mol. The summed E-state index contributed by atoms with van der Waals surface area (Å²) in [6, 6.07) is 10.3. The minimum atomic E-state index is -0.114. The van der Waals surface area contributed by atoms with Gasteiger partial charge in [-0.1, -0.05) is 31.2 Å². The number of hydrogen-bond donors (Lipinski definition) is 1. The van der Waals surface area contributed by atoms with Gasteiger partial charge in [-0.25, -0.2) is 0 Å². The van der Waals surface area contributed by atoms with Crippen LogP contribution in [0.25, 0.3) is 0 Å². The average Bonchev–Trinajstić information content (AvgIpc) is 2.68. The van der Waals surface area contributed by atoms with Gasteiger partial charge in [0.05, 0.1) is 5.56 Å². The van der Waals surface area contributed by atoms with E-state index in [4.69, 9.17) is 0 Å². The predicted molar refractivity (Wildman–Crippen MR) is 107 cm³/mol. The molecule has 0 bridgehead atoms. The van der Waals surface area contributed by atoms with Crippen LogP contribution in [0.1, 0.15) is 28.4 Å². The molecule has 0 radical (unpaired) electrons. The molecule has 1 amide bonds. The summed E-state index contributed by atoms with van der Waals surface area (Å²) < 4.78 is 0.800. The Morgan fingerprint density at radius 1 is 1.08 bits per heavy atom. The standard InChI is InChI=1S/C20H25BrN4O/c1-2-24-7-9-25(10-8-24)15-17-5-3-16(4-6-17)12-23-20(26)18-11-19(21)14-22-13-18/h3-6,11,13-14H,2,7-10,12,15H2,1H3,(H,23,26). The van der Waals surface area contributed by atoms with Crippen LogP contribution in [0.5, 0.6) is 0 Å². The number of rotatable bonds is 6. The topological polar surface area (TPSA) is 48.5 Å². The maximum Gasteiger partial charge on any atom is 0.253 e. The third-order valence-corrected chi connectivity index (χ3v) is 5.20. The number of hydrogen-bond acceptors (Lipinski definition) is 4. The molecule has 0 spiro atoms. The van der Waals surface area contributed by atoms with Gasteiger partial charge in [0.2, 0.25) is 0 Å². The van der Waals surface area contributed by atoms with Crippen molar-refractivity contribution in [2.75, 3.05) is 32.7 Å². The molecule has 1 N–H and O–H groups in total. The van der Waals surface area contributed by atoms with Crippen molar-refractivity contribution >= 4 is 21.8 Å². The second-order valence-electron chi connectivity index (χ2n) is 6.60. The molecule has 1 fully saturated rings. The number of carbonyl (C=O) groups excluding carboxylic acids is 1. The summed E-state index contributed by atoms with van der Waals surface area (Å²) in [5.74, 6) is -0.114. The molecule has 2 heterocycles. The summed E-state index contributed by atoms with van der Waals surface area (Å²) in [6.45, 7) is 9.45. The van der Waals surface area contributed by atoms with Gasteiger partial charge in [-0.05, 0) is 39.7 Å². The minimum Gasteiger partial charge on any atom is -0.348 e. The molecule has 0 atom stereocenters. The summed E-state index contributed by atoms with van der Waals surface area (Å²) in [6.07, 6.45) is 3.24. The molecule has 1 aliphatic heterocycles. The van der Waals surface area contributed by atoms with Crippen LogP contribution in [0, 0.1) is 0 Å². The van der Waals surface area contributed by atoms with E-state index in [1.165, 1.54) is 5.56 Å². The molecule has 0 aliphatic carbocycles. The predicted octanol–water partition coefficient (Wildman–Crippen LogP) is 2.91. The third kappa shape index (κ3) is 5.37. The molecule has 1 aliphatic rings. The normalized spacial score (nSPS) is 15.8.